The molecule has 3 aromatic carbocycles. The first-order valence-corrected chi connectivity index (χ1v) is 14.6. The molecule has 0 saturated carbocycles. The van der Waals surface area contributed by atoms with Gasteiger partial charge in [-0.1, -0.05) is 80.2 Å². The van der Waals surface area contributed by atoms with Crippen molar-refractivity contribution in [1.29, 1.82) is 0 Å². The molecule has 1 amide bonds. The first-order valence-electron chi connectivity index (χ1n) is 14.6. The Morgan fingerprint density at radius 1 is 1.00 bits per heavy atom. The number of carbonyl (C=O) groups is 1. The summed E-state index contributed by atoms with van der Waals surface area (Å²) >= 11 is 0. The number of nitrogens with one attached hydrogen (secondary N) is 1. The molecule has 8 nitrogen and oxygen atoms in total. The zero-order valence-electron chi connectivity index (χ0n) is 24.1. The number of aliphatic hydroxyl groups excluding tert-OH is 1. The Balaban J connectivity index is 1.36. The number of hydrogen-bond acceptors (Lipinski definition) is 7. The zero-order valence-corrected chi connectivity index (χ0v) is 24.1. The highest BCUT2D eigenvalue weighted by Gasteiger charge is 2.39. The maximum Gasteiger partial charge on any atom is 0.407 e. The predicted molar refractivity (Wildman–Crippen MR) is 160 cm³/mol. The molecular formula is C34H40N2O6. The molecule has 2 heterocycles. The van der Waals surface area contributed by atoms with Crippen molar-refractivity contribution in [3.63, 3.8) is 0 Å². The molecule has 0 aliphatic carbocycles. The van der Waals surface area contributed by atoms with Crippen LogP contribution in [0.25, 0.3) is 11.1 Å². The van der Waals surface area contributed by atoms with Gasteiger partial charge in [0.15, 0.2) is 6.29 Å². The number of alkyl carbamates (subject to hydrolysis) is 1. The average molecular weight is 573 g/mol. The molecule has 2 aliphatic heterocycles. The topological polar surface area (TPSA) is 89.5 Å². The first-order chi connectivity index (χ1) is 20.5. The summed E-state index contributed by atoms with van der Waals surface area (Å²) in [7, 11) is 0. The van der Waals surface area contributed by atoms with Crippen LogP contribution in [0.15, 0.2) is 85.5 Å². The van der Waals surface area contributed by atoms with E-state index in [-0.39, 0.29) is 31.3 Å². The van der Waals surface area contributed by atoms with E-state index in [1.165, 1.54) is 6.08 Å². The van der Waals surface area contributed by atoms with E-state index in [9.17, 15) is 9.90 Å². The van der Waals surface area contributed by atoms with Gasteiger partial charge < -0.3 is 29.4 Å². The van der Waals surface area contributed by atoms with Crippen LogP contribution in [0, 0.1) is 5.92 Å². The maximum absolute atomic E-state index is 11.9. The zero-order chi connectivity index (χ0) is 29.3. The van der Waals surface area contributed by atoms with E-state index in [4.69, 9.17) is 18.9 Å². The van der Waals surface area contributed by atoms with Crippen LogP contribution in [0.2, 0.25) is 0 Å². The van der Waals surface area contributed by atoms with Crippen molar-refractivity contribution in [2.24, 2.45) is 5.92 Å². The van der Waals surface area contributed by atoms with Gasteiger partial charge in [-0.25, -0.2) is 4.79 Å². The Morgan fingerprint density at radius 3 is 2.48 bits per heavy atom. The van der Waals surface area contributed by atoms with Gasteiger partial charge in [-0.15, -0.1) is 0 Å². The summed E-state index contributed by atoms with van der Waals surface area (Å²) in [6.07, 6.45) is 0.312. The number of rotatable bonds is 10. The summed E-state index contributed by atoms with van der Waals surface area (Å²) in [6.45, 7) is 10.3. The minimum atomic E-state index is -0.542. The van der Waals surface area contributed by atoms with Crippen LogP contribution in [0.3, 0.4) is 0 Å². The summed E-state index contributed by atoms with van der Waals surface area (Å²) in [5.74, 6) is 0.120. The van der Waals surface area contributed by atoms with Gasteiger partial charge in [0, 0.05) is 37.7 Å². The van der Waals surface area contributed by atoms with Gasteiger partial charge in [-0.05, 0) is 39.9 Å². The Hall–Kier alpha value is -3.53. The summed E-state index contributed by atoms with van der Waals surface area (Å²) in [5.41, 5.74) is 5.91. The van der Waals surface area contributed by atoms with Gasteiger partial charge in [0.05, 0.1) is 32.0 Å². The molecule has 0 bridgehead atoms. The number of amides is 1. The third-order valence-electron chi connectivity index (χ3n) is 7.85. The average Bonchev–Trinajstić information content (AvgIpc) is 3.04. The second-order valence-electron chi connectivity index (χ2n) is 10.8. The highest BCUT2D eigenvalue weighted by atomic mass is 16.7. The molecule has 4 unspecified atom stereocenters. The second kappa shape index (κ2) is 14.6. The highest BCUT2D eigenvalue weighted by Crippen LogP contribution is 2.42. The molecule has 222 valence electrons. The monoisotopic (exact) mass is 572 g/mol. The van der Waals surface area contributed by atoms with E-state index < -0.39 is 12.4 Å². The van der Waals surface area contributed by atoms with E-state index in [0.29, 0.717) is 6.54 Å². The number of nitrogens with zero attached hydrogens (tertiary/aromatic N) is 1. The van der Waals surface area contributed by atoms with Crippen molar-refractivity contribution in [1.82, 2.24) is 10.2 Å². The minimum Gasteiger partial charge on any atom is -0.445 e. The van der Waals surface area contributed by atoms with E-state index in [2.05, 4.69) is 48.0 Å². The van der Waals surface area contributed by atoms with Crippen molar-refractivity contribution < 1.29 is 28.8 Å². The first kappa shape index (κ1) is 29.9. The van der Waals surface area contributed by atoms with Crippen LogP contribution >= 0.6 is 0 Å². The molecule has 0 aromatic heterocycles. The lowest BCUT2D eigenvalue weighted by Gasteiger charge is -2.43. The fraction of sp³-hybridized carbons (Fsp3) is 0.382. The second-order valence-corrected chi connectivity index (χ2v) is 10.8. The fourth-order valence-corrected chi connectivity index (χ4v) is 5.45. The molecule has 42 heavy (non-hydrogen) atoms. The van der Waals surface area contributed by atoms with Gasteiger partial charge in [-0.3, -0.25) is 4.90 Å². The van der Waals surface area contributed by atoms with Crippen molar-refractivity contribution in [3.05, 3.63) is 108 Å². The number of aliphatic hydroxyl groups is 1. The number of benzene rings is 3. The van der Waals surface area contributed by atoms with Crippen molar-refractivity contribution in [2.75, 3.05) is 39.5 Å². The summed E-state index contributed by atoms with van der Waals surface area (Å²) in [5, 5.41) is 12.3. The quantitative estimate of drug-likeness (QED) is 0.315. The Bertz CT molecular complexity index is 1320. The largest absolute Gasteiger partial charge is 0.445 e. The highest BCUT2D eigenvalue weighted by molar-refractivity contribution is 5.68. The summed E-state index contributed by atoms with van der Waals surface area (Å²) in [4.78, 5) is 14.3. The molecule has 8 heteroatoms. The van der Waals surface area contributed by atoms with Gasteiger partial charge in [0.2, 0.25) is 0 Å². The Morgan fingerprint density at radius 2 is 1.74 bits per heavy atom. The SMILES string of the molecule is C=CCOC(=O)NCc1cccc(-c2cccc(C3OC(CN4CCOCC4)C(C)C(c4ccc(CO)cc4)O3)c2)c1. The molecule has 0 spiro atoms. The van der Waals surface area contributed by atoms with E-state index >= 15 is 0 Å². The van der Waals surface area contributed by atoms with E-state index in [1.807, 2.05) is 48.5 Å². The normalized spacial score (nSPS) is 22.8. The molecule has 5 rings (SSSR count). The van der Waals surface area contributed by atoms with Crippen molar-refractivity contribution >= 4 is 6.09 Å². The van der Waals surface area contributed by atoms with Gasteiger partial charge in [-0.2, -0.15) is 0 Å². The molecule has 2 fully saturated rings. The number of ether oxygens (including phenoxy) is 4. The number of carbonyl (C=O) groups excluding carboxylic acids is 1. The van der Waals surface area contributed by atoms with Gasteiger partial charge in [0.1, 0.15) is 6.61 Å². The van der Waals surface area contributed by atoms with Crippen LogP contribution in [-0.4, -0.2) is 61.7 Å². The predicted octanol–water partition coefficient (Wildman–Crippen LogP) is 5.38. The van der Waals surface area contributed by atoms with Crippen LogP contribution in [0.5, 0.6) is 0 Å². The molecule has 3 aromatic rings. The molecule has 4 atom stereocenters. The lowest BCUT2D eigenvalue weighted by atomic mass is 9.89. The Kier molecular flexibility index (Phi) is 10.4. The summed E-state index contributed by atoms with van der Waals surface area (Å²) < 4.78 is 23.9. The van der Waals surface area contributed by atoms with Crippen LogP contribution < -0.4 is 5.32 Å². The molecule has 2 N–H and O–H groups in total. The van der Waals surface area contributed by atoms with Crippen LogP contribution in [0.4, 0.5) is 4.79 Å². The smallest absolute Gasteiger partial charge is 0.407 e. The lowest BCUT2D eigenvalue weighted by Crippen LogP contribution is -2.47. The van der Waals surface area contributed by atoms with E-state index in [0.717, 1.165) is 66.2 Å². The molecule has 0 radical (unpaired) electrons. The lowest BCUT2D eigenvalue weighted by molar-refractivity contribution is -0.277. The van der Waals surface area contributed by atoms with Crippen LogP contribution in [-0.2, 0) is 32.1 Å². The van der Waals surface area contributed by atoms with Crippen molar-refractivity contribution in [2.45, 2.75) is 38.6 Å². The third kappa shape index (κ3) is 7.65. The van der Waals surface area contributed by atoms with Gasteiger partial charge >= 0.3 is 6.09 Å². The van der Waals surface area contributed by atoms with Crippen LogP contribution in [0.1, 0.15) is 41.6 Å². The number of hydrogen-bond donors (Lipinski definition) is 2. The number of morpholine rings is 1. The van der Waals surface area contributed by atoms with Crippen molar-refractivity contribution in [3.8, 4) is 11.1 Å². The molecule has 2 aliphatic rings. The third-order valence-corrected chi connectivity index (χ3v) is 7.85. The standard InChI is InChI=1S/C34H40N2O6/c1-3-16-40-34(38)35-21-26-6-4-7-28(19-26)29-8-5-9-30(20-29)33-41-31(22-36-14-17-39-18-15-36)24(2)32(42-33)27-12-10-25(23-37)11-13-27/h3-13,19-20,24,31-33,37H,1,14-18,21-23H2,2H3,(H,35,38). The minimum absolute atomic E-state index is 0.0101. The molecular weight excluding hydrogens is 532 g/mol. The van der Waals surface area contributed by atoms with E-state index in [1.54, 1.807) is 0 Å². The molecule has 2 saturated heterocycles. The Labute approximate surface area is 247 Å². The fourth-order valence-electron chi connectivity index (χ4n) is 5.45. The summed E-state index contributed by atoms with van der Waals surface area (Å²) in [6, 6.07) is 24.3. The van der Waals surface area contributed by atoms with Gasteiger partial charge in [0.25, 0.3) is 0 Å². The maximum atomic E-state index is 11.9.